The molecule has 0 aliphatic heterocycles. The third kappa shape index (κ3) is 5.46. The van der Waals surface area contributed by atoms with E-state index in [4.69, 9.17) is 5.26 Å². The molecule has 0 radical (unpaired) electrons. The minimum atomic E-state index is -4.09. The molecule has 0 aliphatic carbocycles. The van der Waals surface area contributed by atoms with Crippen LogP contribution in [0.3, 0.4) is 0 Å². The van der Waals surface area contributed by atoms with E-state index in [1.165, 1.54) is 18.2 Å². The number of carbonyl (C=O) groups excluding carboxylic acids is 1. The number of sulfonamides is 1. The molecule has 4 rings (SSSR count). The second-order valence-electron chi connectivity index (χ2n) is 7.51. The van der Waals surface area contributed by atoms with E-state index in [2.05, 4.69) is 16.1 Å². The van der Waals surface area contributed by atoms with Gasteiger partial charge in [0.1, 0.15) is 11.6 Å². The van der Waals surface area contributed by atoms with Crippen molar-refractivity contribution in [1.82, 2.24) is 0 Å². The number of rotatable bonds is 6. The number of phenols is 1. The summed E-state index contributed by atoms with van der Waals surface area (Å²) in [4.78, 5) is 12.5. The van der Waals surface area contributed by atoms with Crippen molar-refractivity contribution in [2.75, 3.05) is 10.0 Å². The van der Waals surface area contributed by atoms with Crippen molar-refractivity contribution in [3.63, 3.8) is 0 Å². The van der Waals surface area contributed by atoms with Gasteiger partial charge >= 0.3 is 0 Å². The molecule has 0 heterocycles. The average Bonchev–Trinajstić information content (AvgIpc) is 2.86. The Morgan fingerprint density at radius 3 is 2.06 bits per heavy atom. The van der Waals surface area contributed by atoms with Gasteiger partial charge in [-0.15, -0.1) is 0 Å². The number of benzene rings is 4. The molecule has 4 aromatic carbocycles. The van der Waals surface area contributed by atoms with E-state index in [1.807, 2.05) is 12.1 Å². The van der Waals surface area contributed by atoms with Crippen LogP contribution in [-0.2, 0) is 10.0 Å². The van der Waals surface area contributed by atoms with E-state index in [0.717, 1.165) is 35.4 Å². The lowest BCUT2D eigenvalue weighted by atomic mass is 10.0. The summed E-state index contributed by atoms with van der Waals surface area (Å²) in [7, 11) is -4.09. The van der Waals surface area contributed by atoms with Crippen LogP contribution in [0, 0.1) is 17.1 Å². The molecule has 174 valence electrons. The number of nitriles is 1. The van der Waals surface area contributed by atoms with E-state index in [9.17, 15) is 22.7 Å². The number of hydrogen-bond donors (Lipinski definition) is 3. The molecule has 0 atom stereocenters. The standard InChI is InChI=1S/C26H18FN3O4S/c27-21-9-12-23(13-10-21)35(33,34)30-24-15-22(11-14-25(24)31)29-26(32)20-7-5-19(6-8-20)18-3-1-17(16-28)2-4-18/h1-15,30-31H,(H,29,32). The maximum atomic E-state index is 13.1. The van der Waals surface area contributed by atoms with Crippen molar-refractivity contribution >= 4 is 27.3 Å². The van der Waals surface area contributed by atoms with Crippen LogP contribution < -0.4 is 10.0 Å². The van der Waals surface area contributed by atoms with Crippen molar-refractivity contribution in [2.45, 2.75) is 4.90 Å². The Labute approximate surface area is 201 Å². The Morgan fingerprint density at radius 1 is 0.857 bits per heavy atom. The first-order valence-corrected chi connectivity index (χ1v) is 11.8. The topological polar surface area (TPSA) is 119 Å². The second-order valence-corrected chi connectivity index (χ2v) is 9.19. The quantitative estimate of drug-likeness (QED) is 0.258. The van der Waals surface area contributed by atoms with Crippen LogP contribution in [0.1, 0.15) is 15.9 Å². The van der Waals surface area contributed by atoms with E-state index in [0.29, 0.717) is 11.1 Å². The summed E-state index contributed by atoms with van der Waals surface area (Å²) in [5.74, 6) is -1.36. The van der Waals surface area contributed by atoms with Crippen molar-refractivity contribution in [2.24, 2.45) is 0 Å². The SMILES string of the molecule is N#Cc1ccc(-c2ccc(C(=O)Nc3ccc(O)c(NS(=O)(=O)c4ccc(F)cc4)c3)cc2)cc1. The largest absolute Gasteiger partial charge is 0.506 e. The number of aromatic hydroxyl groups is 1. The van der Waals surface area contributed by atoms with E-state index in [1.54, 1.807) is 36.4 Å². The van der Waals surface area contributed by atoms with Crippen LogP contribution in [0.15, 0.2) is 95.9 Å². The second kappa shape index (κ2) is 9.67. The van der Waals surface area contributed by atoms with Gasteiger partial charge in [-0.2, -0.15) is 5.26 Å². The highest BCUT2D eigenvalue weighted by molar-refractivity contribution is 7.92. The van der Waals surface area contributed by atoms with Gasteiger partial charge < -0.3 is 10.4 Å². The lowest BCUT2D eigenvalue weighted by Crippen LogP contribution is -2.14. The fourth-order valence-electron chi connectivity index (χ4n) is 3.27. The van der Waals surface area contributed by atoms with Crippen LogP contribution in [-0.4, -0.2) is 19.4 Å². The Kier molecular flexibility index (Phi) is 6.48. The lowest BCUT2D eigenvalue weighted by Gasteiger charge is -2.12. The van der Waals surface area contributed by atoms with Crippen LogP contribution >= 0.6 is 0 Å². The number of hydrogen-bond acceptors (Lipinski definition) is 5. The molecular weight excluding hydrogens is 469 g/mol. The average molecular weight is 488 g/mol. The Morgan fingerprint density at radius 2 is 1.46 bits per heavy atom. The molecular formula is C26H18FN3O4S. The van der Waals surface area contributed by atoms with Crippen molar-refractivity contribution in [3.8, 4) is 22.9 Å². The van der Waals surface area contributed by atoms with Gasteiger partial charge in [-0.1, -0.05) is 24.3 Å². The van der Waals surface area contributed by atoms with Crippen molar-refractivity contribution in [3.05, 3.63) is 108 Å². The number of nitrogens with one attached hydrogen (secondary N) is 2. The van der Waals surface area contributed by atoms with Gasteiger partial charge in [-0.3, -0.25) is 9.52 Å². The van der Waals surface area contributed by atoms with Crippen LogP contribution in [0.5, 0.6) is 5.75 Å². The predicted molar refractivity (Wildman–Crippen MR) is 130 cm³/mol. The molecule has 3 N–H and O–H groups in total. The Hall–Kier alpha value is -4.68. The summed E-state index contributed by atoms with van der Waals surface area (Å²) in [6.45, 7) is 0. The fraction of sp³-hybridized carbons (Fsp3) is 0. The molecule has 0 spiro atoms. The third-order valence-corrected chi connectivity index (χ3v) is 6.50. The highest BCUT2D eigenvalue weighted by Gasteiger charge is 2.17. The van der Waals surface area contributed by atoms with Gasteiger partial charge in [0.05, 0.1) is 22.2 Å². The first kappa shape index (κ1) is 23.5. The molecule has 0 fully saturated rings. The number of carbonyl (C=O) groups is 1. The summed E-state index contributed by atoms with van der Waals surface area (Å²) < 4.78 is 40.5. The monoisotopic (exact) mass is 487 g/mol. The maximum absolute atomic E-state index is 13.1. The molecule has 0 saturated carbocycles. The molecule has 1 amide bonds. The smallest absolute Gasteiger partial charge is 0.262 e. The molecule has 9 heteroatoms. The third-order valence-electron chi connectivity index (χ3n) is 5.12. The van der Waals surface area contributed by atoms with Gasteiger partial charge in [-0.05, 0) is 77.9 Å². The highest BCUT2D eigenvalue weighted by atomic mass is 32.2. The summed E-state index contributed by atoms with van der Waals surface area (Å²) in [6, 6.07) is 24.1. The van der Waals surface area contributed by atoms with Crippen LogP contribution in [0.4, 0.5) is 15.8 Å². The van der Waals surface area contributed by atoms with Gasteiger partial charge in [0.25, 0.3) is 15.9 Å². The van der Waals surface area contributed by atoms with Gasteiger partial charge in [0.15, 0.2) is 0 Å². The van der Waals surface area contributed by atoms with Gasteiger partial charge in [-0.25, -0.2) is 12.8 Å². The van der Waals surface area contributed by atoms with E-state index >= 15 is 0 Å². The first-order valence-electron chi connectivity index (χ1n) is 10.3. The van der Waals surface area contributed by atoms with Crippen molar-refractivity contribution < 1.29 is 22.7 Å². The number of nitrogens with zero attached hydrogens (tertiary/aromatic N) is 1. The Bertz CT molecular complexity index is 1530. The molecule has 4 aromatic rings. The van der Waals surface area contributed by atoms with Gasteiger partial charge in [0, 0.05) is 11.3 Å². The minimum absolute atomic E-state index is 0.150. The number of anilines is 2. The number of phenolic OH excluding ortho intramolecular Hbond substituents is 1. The Balaban J connectivity index is 1.49. The maximum Gasteiger partial charge on any atom is 0.262 e. The van der Waals surface area contributed by atoms with Gasteiger partial charge in [0.2, 0.25) is 0 Å². The van der Waals surface area contributed by atoms with E-state index in [-0.39, 0.29) is 22.0 Å². The summed E-state index contributed by atoms with van der Waals surface area (Å²) >= 11 is 0. The normalized spacial score (nSPS) is 10.9. The van der Waals surface area contributed by atoms with E-state index < -0.39 is 21.7 Å². The molecule has 0 bridgehead atoms. The lowest BCUT2D eigenvalue weighted by molar-refractivity contribution is 0.102. The number of halogens is 1. The van der Waals surface area contributed by atoms with Crippen LogP contribution in [0.2, 0.25) is 0 Å². The molecule has 0 aromatic heterocycles. The molecule has 0 unspecified atom stereocenters. The fourth-order valence-corrected chi connectivity index (χ4v) is 4.33. The zero-order chi connectivity index (χ0) is 25.0. The first-order chi connectivity index (χ1) is 16.7. The molecule has 0 aliphatic rings. The zero-order valence-corrected chi connectivity index (χ0v) is 18.9. The summed E-state index contributed by atoms with van der Waals surface area (Å²) in [5.41, 5.74) is 2.78. The molecule has 35 heavy (non-hydrogen) atoms. The molecule has 0 saturated heterocycles. The summed E-state index contributed by atoms with van der Waals surface area (Å²) in [6.07, 6.45) is 0. The van der Waals surface area contributed by atoms with Crippen LogP contribution in [0.25, 0.3) is 11.1 Å². The zero-order valence-electron chi connectivity index (χ0n) is 18.1. The predicted octanol–water partition coefficient (Wildman–Crippen LogP) is 5.12. The summed E-state index contributed by atoms with van der Waals surface area (Å²) in [5, 5.41) is 21.7. The molecule has 7 nitrogen and oxygen atoms in total. The van der Waals surface area contributed by atoms with Crippen molar-refractivity contribution in [1.29, 1.82) is 5.26 Å². The minimum Gasteiger partial charge on any atom is -0.506 e. The number of amides is 1. The highest BCUT2D eigenvalue weighted by Crippen LogP contribution is 2.29.